The number of nitrogens with zero attached hydrogens (tertiary/aromatic N) is 2. The molecular weight excluding hydrogens is 238 g/mol. The van der Waals surface area contributed by atoms with E-state index >= 15 is 0 Å². The Kier molecular flexibility index (Phi) is 3.97. The largest absolute Gasteiger partial charge is 0.381 e. The summed E-state index contributed by atoms with van der Waals surface area (Å²) in [5.41, 5.74) is 2.64. The first-order valence-corrected chi connectivity index (χ1v) is 7.51. The molecule has 1 atom stereocenters. The summed E-state index contributed by atoms with van der Waals surface area (Å²) >= 11 is 0. The molecule has 1 aromatic heterocycles. The molecule has 1 N–H and O–H groups in total. The molecule has 2 heterocycles. The highest BCUT2D eigenvalue weighted by Gasteiger charge is 2.20. The van der Waals surface area contributed by atoms with Gasteiger partial charge in [0.1, 0.15) is 11.6 Å². The second kappa shape index (κ2) is 5.87. The first kappa shape index (κ1) is 12.9. The highest BCUT2D eigenvalue weighted by Crippen LogP contribution is 2.26. The fourth-order valence-electron chi connectivity index (χ4n) is 3.12. The van der Waals surface area contributed by atoms with Crippen LogP contribution < -0.4 is 5.32 Å². The fourth-order valence-corrected chi connectivity index (χ4v) is 3.12. The molecule has 4 heteroatoms. The molecule has 0 aromatic carbocycles. The van der Waals surface area contributed by atoms with Crippen molar-refractivity contribution in [3.05, 3.63) is 17.1 Å². The van der Waals surface area contributed by atoms with Crippen LogP contribution in [-0.2, 0) is 24.0 Å². The van der Waals surface area contributed by atoms with E-state index in [4.69, 9.17) is 14.7 Å². The van der Waals surface area contributed by atoms with Gasteiger partial charge in [-0.3, -0.25) is 0 Å². The van der Waals surface area contributed by atoms with Gasteiger partial charge in [0.2, 0.25) is 0 Å². The summed E-state index contributed by atoms with van der Waals surface area (Å²) in [6.07, 6.45) is 8.18. The zero-order valence-corrected chi connectivity index (χ0v) is 11.7. The summed E-state index contributed by atoms with van der Waals surface area (Å²) in [6.45, 7) is 1.77. The zero-order valence-electron chi connectivity index (χ0n) is 11.7. The Hall–Kier alpha value is -1.16. The van der Waals surface area contributed by atoms with E-state index in [1.54, 1.807) is 0 Å². The standard InChI is InChI=1S/C15H23N3O/c1-16-15-12-5-3-2-4-6-13(12)17-14(18-15)9-11-7-8-19-10-11/h11H,2-10H2,1H3,(H,16,17,18). The molecule has 1 aliphatic heterocycles. The van der Waals surface area contributed by atoms with E-state index in [9.17, 15) is 0 Å². The second-order valence-corrected chi connectivity index (χ2v) is 5.66. The fraction of sp³-hybridized carbons (Fsp3) is 0.733. The number of aryl methyl sites for hydroxylation is 1. The highest BCUT2D eigenvalue weighted by atomic mass is 16.5. The molecule has 0 bridgehead atoms. The lowest BCUT2D eigenvalue weighted by Gasteiger charge is -2.14. The monoisotopic (exact) mass is 261 g/mol. The van der Waals surface area contributed by atoms with Crippen molar-refractivity contribution in [1.29, 1.82) is 0 Å². The summed E-state index contributed by atoms with van der Waals surface area (Å²) in [5.74, 6) is 2.66. The lowest BCUT2D eigenvalue weighted by atomic mass is 10.0. The number of hydrogen-bond donors (Lipinski definition) is 1. The summed E-state index contributed by atoms with van der Waals surface area (Å²) in [7, 11) is 1.97. The van der Waals surface area contributed by atoms with Crippen molar-refractivity contribution in [3.63, 3.8) is 0 Å². The molecule has 2 aliphatic rings. The summed E-state index contributed by atoms with van der Waals surface area (Å²) in [4.78, 5) is 9.57. The smallest absolute Gasteiger partial charge is 0.132 e. The minimum absolute atomic E-state index is 0.605. The number of fused-ring (bicyclic) bond motifs is 1. The molecule has 0 amide bonds. The molecule has 1 aliphatic carbocycles. The van der Waals surface area contributed by atoms with Crippen molar-refractivity contribution in [1.82, 2.24) is 9.97 Å². The average Bonchev–Trinajstić information content (AvgIpc) is 2.81. The molecule has 1 saturated heterocycles. The first-order valence-electron chi connectivity index (χ1n) is 7.51. The SMILES string of the molecule is CNc1nc(CC2CCOC2)nc2c1CCCCC2. The van der Waals surface area contributed by atoms with E-state index in [0.717, 1.165) is 50.5 Å². The van der Waals surface area contributed by atoms with Crippen LogP contribution in [-0.4, -0.2) is 30.2 Å². The molecule has 4 nitrogen and oxygen atoms in total. The van der Waals surface area contributed by atoms with Crippen LogP contribution in [0.3, 0.4) is 0 Å². The third-order valence-corrected chi connectivity index (χ3v) is 4.21. The van der Waals surface area contributed by atoms with Crippen LogP contribution in [0.1, 0.15) is 42.8 Å². The third-order valence-electron chi connectivity index (χ3n) is 4.21. The molecule has 1 fully saturated rings. The van der Waals surface area contributed by atoms with Gasteiger partial charge >= 0.3 is 0 Å². The molecule has 104 valence electrons. The zero-order chi connectivity index (χ0) is 13.1. The number of aromatic nitrogens is 2. The van der Waals surface area contributed by atoms with Crippen LogP contribution in [0.25, 0.3) is 0 Å². The Bertz CT molecular complexity index is 441. The van der Waals surface area contributed by atoms with Crippen LogP contribution in [0.4, 0.5) is 5.82 Å². The van der Waals surface area contributed by atoms with Gasteiger partial charge in [-0.25, -0.2) is 9.97 Å². The number of anilines is 1. The minimum Gasteiger partial charge on any atom is -0.381 e. The second-order valence-electron chi connectivity index (χ2n) is 5.66. The van der Waals surface area contributed by atoms with Crippen molar-refractivity contribution in [2.24, 2.45) is 5.92 Å². The van der Waals surface area contributed by atoms with Gasteiger partial charge in [0.05, 0.1) is 0 Å². The number of hydrogen-bond acceptors (Lipinski definition) is 4. The molecular formula is C15H23N3O. The van der Waals surface area contributed by atoms with Crippen molar-refractivity contribution < 1.29 is 4.74 Å². The molecule has 19 heavy (non-hydrogen) atoms. The van der Waals surface area contributed by atoms with E-state index in [1.807, 2.05) is 7.05 Å². The van der Waals surface area contributed by atoms with Gasteiger partial charge in [0.15, 0.2) is 0 Å². The molecule has 0 radical (unpaired) electrons. The predicted molar refractivity (Wildman–Crippen MR) is 75.5 cm³/mol. The van der Waals surface area contributed by atoms with E-state index < -0.39 is 0 Å². The summed E-state index contributed by atoms with van der Waals surface area (Å²) in [5, 5.41) is 3.27. The number of rotatable bonds is 3. The number of nitrogens with one attached hydrogen (secondary N) is 1. The van der Waals surface area contributed by atoms with Crippen LogP contribution in [0.15, 0.2) is 0 Å². The van der Waals surface area contributed by atoms with Gasteiger partial charge in [0.25, 0.3) is 0 Å². The van der Waals surface area contributed by atoms with Crippen LogP contribution in [0, 0.1) is 5.92 Å². The Balaban J connectivity index is 1.86. The van der Waals surface area contributed by atoms with E-state index in [-0.39, 0.29) is 0 Å². The van der Waals surface area contributed by atoms with Crippen LogP contribution >= 0.6 is 0 Å². The van der Waals surface area contributed by atoms with E-state index in [1.165, 1.54) is 30.5 Å². The van der Waals surface area contributed by atoms with E-state index in [0.29, 0.717) is 5.92 Å². The topological polar surface area (TPSA) is 47.0 Å². The first-order chi connectivity index (χ1) is 9.36. The van der Waals surface area contributed by atoms with Crippen molar-refractivity contribution in [3.8, 4) is 0 Å². The van der Waals surface area contributed by atoms with Gasteiger partial charge in [-0.05, 0) is 38.0 Å². The minimum atomic E-state index is 0.605. The number of ether oxygens (including phenoxy) is 1. The quantitative estimate of drug-likeness (QED) is 0.849. The Morgan fingerprint density at radius 3 is 2.89 bits per heavy atom. The Labute approximate surface area is 115 Å². The molecule has 1 aromatic rings. The van der Waals surface area contributed by atoms with Crippen molar-refractivity contribution in [2.75, 3.05) is 25.6 Å². The summed E-state index contributed by atoms with van der Waals surface area (Å²) < 4.78 is 5.45. The van der Waals surface area contributed by atoms with Crippen LogP contribution in [0.2, 0.25) is 0 Å². The van der Waals surface area contributed by atoms with E-state index in [2.05, 4.69) is 5.32 Å². The average molecular weight is 261 g/mol. The van der Waals surface area contributed by atoms with Crippen molar-refractivity contribution >= 4 is 5.82 Å². The lowest BCUT2D eigenvalue weighted by molar-refractivity contribution is 0.185. The van der Waals surface area contributed by atoms with Crippen molar-refractivity contribution in [2.45, 2.75) is 44.9 Å². The van der Waals surface area contributed by atoms with Gasteiger partial charge in [-0.15, -0.1) is 0 Å². The van der Waals surface area contributed by atoms with Gasteiger partial charge in [0, 0.05) is 37.9 Å². The molecule has 1 unspecified atom stereocenters. The summed E-state index contributed by atoms with van der Waals surface area (Å²) in [6, 6.07) is 0. The van der Waals surface area contributed by atoms with Gasteiger partial charge in [-0.1, -0.05) is 6.42 Å². The molecule has 0 spiro atoms. The molecule has 3 rings (SSSR count). The highest BCUT2D eigenvalue weighted by molar-refractivity contribution is 5.47. The third kappa shape index (κ3) is 2.89. The normalized spacial score (nSPS) is 22.9. The molecule has 0 saturated carbocycles. The lowest BCUT2D eigenvalue weighted by Crippen LogP contribution is -2.12. The Morgan fingerprint density at radius 1 is 1.21 bits per heavy atom. The van der Waals surface area contributed by atoms with Crippen LogP contribution in [0.5, 0.6) is 0 Å². The Morgan fingerprint density at radius 2 is 2.11 bits per heavy atom. The maximum atomic E-state index is 5.45. The maximum absolute atomic E-state index is 5.45. The maximum Gasteiger partial charge on any atom is 0.132 e. The predicted octanol–water partition coefficient (Wildman–Crippen LogP) is 2.37. The van der Waals surface area contributed by atoms with Gasteiger partial charge < -0.3 is 10.1 Å². The van der Waals surface area contributed by atoms with Gasteiger partial charge in [-0.2, -0.15) is 0 Å².